The van der Waals surface area contributed by atoms with Gasteiger partial charge in [-0.3, -0.25) is 4.79 Å². The molecule has 0 amide bonds. The van der Waals surface area contributed by atoms with Crippen LogP contribution in [0.25, 0.3) is 0 Å². The Labute approximate surface area is 133 Å². The summed E-state index contributed by atoms with van der Waals surface area (Å²) in [4.78, 5) is 11.9. The van der Waals surface area contributed by atoms with E-state index in [9.17, 15) is 4.79 Å². The molecule has 0 heterocycles. The average Bonchev–Trinajstić information content (AvgIpc) is 3.44. The molecule has 0 N–H and O–H groups in total. The lowest BCUT2D eigenvalue weighted by Crippen LogP contribution is -2.22. The number of ether oxygens (including phenoxy) is 2. The third-order valence-corrected chi connectivity index (χ3v) is 5.22. The van der Waals surface area contributed by atoms with Crippen molar-refractivity contribution >= 4 is 5.97 Å². The van der Waals surface area contributed by atoms with Gasteiger partial charge in [0.2, 0.25) is 0 Å². The van der Waals surface area contributed by atoms with Crippen LogP contribution in [0.5, 0.6) is 5.75 Å². The van der Waals surface area contributed by atoms with Crippen molar-refractivity contribution in [2.45, 2.75) is 39.0 Å². The maximum Gasteiger partial charge on any atom is 0.309 e. The molecule has 1 aromatic carbocycles. The highest BCUT2D eigenvalue weighted by atomic mass is 16.5. The van der Waals surface area contributed by atoms with Crippen molar-refractivity contribution in [3.63, 3.8) is 0 Å². The summed E-state index contributed by atoms with van der Waals surface area (Å²) in [6.07, 6.45) is 3.69. The fraction of sp³-hybridized carbons (Fsp3) is 0.632. The van der Waals surface area contributed by atoms with Crippen LogP contribution in [-0.2, 0) is 9.53 Å². The second kappa shape index (κ2) is 6.31. The van der Waals surface area contributed by atoms with E-state index in [0.717, 1.165) is 24.2 Å². The van der Waals surface area contributed by atoms with E-state index in [0.29, 0.717) is 5.92 Å². The molecule has 22 heavy (non-hydrogen) atoms. The summed E-state index contributed by atoms with van der Waals surface area (Å²) in [7, 11) is 1.47. The summed E-state index contributed by atoms with van der Waals surface area (Å²) in [5.74, 6) is 3.09. The Balaban J connectivity index is 1.71. The normalized spacial score (nSPS) is 26.1. The van der Waals surface area contributed by atoms with Crippen LogP contribution in [0.15, 0.2) is 24.3 Å². The van der Waals surface area contributed by atoms with Crippen molar-refractivity contribution in [1.82, 2.24) is 0 Å². The van der Waals surface area contributed by atoms with Crippen molar-refractivity contribution in [1.29, 1.82) is 0 Å². The minimum absolute atomic E-state index is 0.101. The third kappa shape index (κ3) is 3.45. The van der Waals surface area contributed by atoms with Gasteiger partial charge in [0.05, 0.1) is 19.6 Å². The fourth-order valence-corrected chi connectivity index (χ4v) is 3.40. The molecule has 0 saturated heterocycles. The zero-order valence-corrected chi connectivity index (χ0v) is 13.7. The molecule has 0 aliphatic heterocycles. The fourth-order valence-electron chi connectivity index (χ4n) is 3.40. The van der Waals surface area contributed by atoms with Gasteiger partial charge >= 0.3 is 5.97 Å². The molecule has 3 nitrogen and oxygen atoms in total. The van der Waals surface area contributed by atoms with E-state index < -0.39 is 0 Å². The van der Waals surface area contributed by atoms with Crippen LogP contribution >= 0.6 is 0 Å². The number of methoxy groups -OCH3 is 1. The number of carbonyl (C=O) groups is 1. The Morgan fingerprint density at radius 1 is 1.36 bits per heavy atom. The summed E-state index contributed by atoms with van der Waals surface area (Å²) >= 11 is 0. The predicted molar refractivity (Wildman–Crippen MR) is 85.9 cm³/mol. The number of rotatable bonds is 7. The first kappa shape index (κ1) is 15.4. The largest absolute Gasteiger partial charge is 0.493 e. The quantitative estimate of drug-likeness (QED) is 0.714. The van der Waals surface area contributed by atoms with Gasteiger partial charge in [-0.2, -0.15) is 0 Å². The number of esters is 1. The molecule has 2 fully saturated rings. The number of hydrogen-bond acceptors (Lipinski definition) is 3. The summed E-state index contributed by atoms with van der Waals surface area (Å²) in [5, 5.41) is 0. The highest BCUT2D eigenvalue weighted by Gasteiger charge is 2.39. The highest BCUT2D eigenvalue weighted by Crippen LogP contribution is 2.47. The molecule has 0 bridgehead atoms. The van der Waals surface area contributed by atoms with Gasteiger partial charge in [0.1, 0.15) is 5.75 Å². The number of carbonyl (C=O) groups excluding carboxylic acids is 1. The molecule has 0 aromatic heterocycles. The third-order valence-electron chi connectivity index (χ3n) is 5.22. The smallest absolute Gasteiger partial charge is 0.309 e. The summed E-state index contributed by atoms with van der Waals surface area (Å²) < 4.78 is 10.9. The zero-order chi connectivity index (χ0) is 15.7. The Morgan fingerprint density at radius 3 is 2.68 bits per heavy atom. The highest BCUT2D eigenvalue weighted by molar-refractivity contribution is 5.73. The van der Waals surface area contributed by atoms with Crippen LogP contribution in [0.4, 0.5) is 0 Å². The van der Waals surface area contributed by atoms with E-state index in [2.05, 4.69) is 19.1 Å². The molecule has 4 unspecified atom stereocenters. The van der Waals surface area contributed by atoms with Gasteiger partial charge in [-0.15, -0.1) is 0 Å². The van der Waals surface area contributed by atoms with E-state index in [1.165, 1.54) is 31.9 Å². The van der Waals surface area contributed by atoms with E-state index in [1.807, 2.05) is 19.1 Å². The van der Waals surface area contributed by atoms with Crippen LogP contribution in [0.2, 0.25) is 0 Å². The van der Waals surface area contributed by atoms with Crippen molar-refractivity contribution in [3.05, 3.63) is 29.8 Å². The lowest BCUT2D eigenvalue weighted by molar-refractivity contribution is -0.145. The summed E-state index contributed by atoms with van der Waals surface area (Å²) in [6.45, 7) is 5.06. The summed E-state index contributed by atoms with van der Waals surface area (Å²) in [5.41, 5.74) is 1.21. The van der Waals surface area contributed by atoms with Gasteiger partial charge in [-0.1, -0.05) is 26.0 Å². The first-order valence-corrected chi connectivity index (χ1v) is 8.40. The lowest BCUT2D eigenvalue weighted by atomic mass is 9.83. The summed E-state index contributed by atoms with van der Waals surface area (Å²) in [6, 6.07) is 8.30. The average molecular weight is 302 g/mol. The Hall–Kier alpha value is -1.51. The predicted octanol–water partition coefficient (Wildman–Crippen LogP) is 4.02. The van der Waals surface area contributed by atoms with Crippen molar-refractivity contribution in [2.24, 2.45) is 23.7 Å². The molecule has 2 aliphatic rings. The van der Waals surface area contributed by atoms with Crippen molar-refractivity contribution in [3.8, 4) is 5.75 Å². The van der Waals surface area contributed by atoms with Crippen molar-refractivity contribution in [2.75, 3.05) is 13.7 Å². The zero-order valence-electron chi connectivity index (χ0n) is 13.7. The molecule has 2 saturated carbocycles. The molecule has 0 radical (unpaired) electrons. The van der Waals surface area contributed by atoms with Crippen LogP contribution in [0.1, 0.15) is 44.6 Å². The van der Waals surface area contributed by atoms with Gasteiger partial charge in [0.15, 0.2) is 0 Å². The molecule has 3 rings (SSSR count). The van der Waals surface area contributed by atoms with E-state index in [4.69, 9.17) is 9.47 Å². The number of benzene rings is 1. The van der Waals surface area contributed by atoms with Gasteiger partial charge in [0, 0.05) is 0 Å². The van der Waals surface area contributed by atoms with Gasteiger partial charge in [-0.25, -0.2) is 0 Å². The maximum absolute atomic E-state index is 11.9. The van der Waals surface area contributed by atoms with Crippen LogP contribution in [0, 0.1) is 23.7 Å². The second-order valence-electron chi connectivity index (χ2n) is 7.03. The van der Waals surface area contributed by atoms with Gasteiger partial charge in [-0.05, 0) is 60.6 Å². The first-order chi connectivity index (χ1) is 10.6. The molecular weight excluding hydrogens is 276 g/mol. The molecule has 2 aliphatic carbocycles. The Bertz CT molecular complexity index is 535. The second-order valence-corrected chi connectivity index (χ2v) is 7.03. The maximum atomic E-state index is 11.9. The van der Waals surface area contributed by atoms with E-state index in [1.54, 1.807) is 0 Å². The molecule has 3 heteroatoms. The van der Waals surface area contributed by atoms with Gasteiger partial charge < -0.3 is 9.47 Å². The SMILES string of the molecule is COC(=O)C(C)C(c1cccc(OCC2CC2C)c1)C1CC1. The molecule has 1 aromatic rings. The van der Waals surface area contributed by atoms with Crippen LogP contribution < -0.4 is 4.74 Å². The molecule has 120 valence electrons. The van der Waals surface area contributed by atoms with Gasteiger partial charge in [0.25, 0.3) is 0 Å². The van der Waals surface area contributed by atoms with Crippen LogP contribution in [0.3, 0.4) is 0 Å². The Kier molecular flexibility index (Phi) is 4.42. The molecule has 4 atom stereocenters. The van der Waals surface area contributed by atoms with Crippen molar-refractivity contribution < 1.29 is 14.3 Å². The number of hydrogen-bond donors (Lipinski definition) is 0. The monoisotopic (exact) mass is 302 g/mol. The van der Waals surface area contributed by atoms with E-state index >= 15 is 0 Å². The first-order valence-electron chi connectivity index (χ1n) is 8.40. The standard InChI is InChI=1S/C19H26O3/c1-12-9-16(12)11-22-17-6-4-5-15(10-17)18(14-7-8-14)13(2)19(20)21-3/h4-6,10,12-14,16,18H,7-9,11H2,1-3H3. The van der Waals surface area contributed by atoms with E-state index in [-0.39, 0.29) is 17.8 Å². The Morgan fingerprint density at radius 2 is 2.09 bits per heavy atom. The molecular formula is C19H26O3. The topological polar surface area (TPSA) is 35.5 Å². The van der Waals surface area contributed by atoms with Crippen LogP contribution in [-0.4, -0.2) is 19.7 Å². The molecule has 0 spiro atoms. The minimum atomic E-state index is -0.116. The minimum Gasteiger partial charge on any atom is -0.493 e. The lowest BCUT2D eigenvalue weighted by Gasteiger charge is -2.23.